The van der Waals surface area contributed by atoms with Crippen molar-refractivity contribution < 1.29 is 23.0 Å². The third kappa shape index (κ3) is 5.58. The van der Waals surface area contributed by atoms with E-state index >= 15 is 0 Å². The fourth-order valence-electron chi connectivity index (χ4n) is 2.15. The lowest BCUT2D eigenvalue weighted by molar-refractivity contribution is -0.112. The number of anilines is 1. The molecule has 1 N–H and O–H groups in total. The quantitative estimate of drug-likeness (QED) is 0.525. The van der Waals surface area contributed by atoms with Crippen molar-refractivity contribution in [1.29, 1.82) is 5.26 Å². The fourth-order valence-corrected chi connectivity index (χ4v) is 2.68. The number of methoxy groups -OCH3 is 1. The summed E-state index contributed by atoms with van der Waals surface area (Å²) < 4.78 is 34.8. The van der Waals surface area contributed by atoms with Gasteiger partial charge in [-0.25, -0.2) is 0 Å². The number of halogens is 4. The van der Waals surface area contributed by atoms with Gasteiger partial charge in [0.1, 0.15) is 11.6 Å². The Hall–Kier alpha value is -2.82. The molecule has 0 aliphatic carbocycles. The number of nitriles is 1. The van der Waals surface area contributed by atoms with Crippen molar-refractivity contribution in [1.82, 2.24) is 0 Å². The van der Waals surface area contributed by atoms with Crippen LogP contribution in [0.15, 0.2) is 42.0 Å². The Morgan fingerprint density at radius 1 is 1.26 bits per heavy atom. The van der Waals surface area contributed by atoms with E-state index < -0.39 is 12.5 Å². The van der Waals surface area contributed by atoms with Crippen LogP contribution >= 0.6 is 23.2 Å². The van der Waals surface area contributed by atoms with Gasteiger partial charge in [0, 0.05) is 21.3 Å². The highest BCUT2D eigenvalue weighted by Gasteiger charge is 2.17. The number of alkyl halides is 2. The van der Waals surface area contributed by atoms with Crippen molar-refractivity contribution in [2.24, 2.45) is 0 Å². The zero-order valence-electron chi connectivity index (χ0n) is 13.8. The van der Waals surface area contributed by atoms with Crippen molar-refractivity contribution in [3.8, 4) is 17.6 Å². The van der Waals surface area contributed by atoms with E-state index in [4.69, 9.17) is 27.9 Å². The number of amides is 1. The van der Waals surface area contributed by atoms with E-state index in [1.807, 2.05) is 0 Å². The normalized spacial score (nSPS) is 11.1. The molecule has 0 saturated carbocycles. The number of nitrogens with one attached hydrogen (secondary N) is 1. The Kier molecular flexibility index (Phi) is 6.99. The SMILES string of the molecule is COc1cccc(/C=C(\C#N)C(=O)Nc2cc(Cl)cc(Cl)c2)c1OC(F)F. The molecule has 1 amide bonds. The number of benzene rings is 2. The Morgan fingerprint density at radius 3 is 2.48 bits per heavy atom. The predicted octanol–water partition coefficient (Wildman–Crippen LogP) is 5.15. The van der Waals surface area contributed by atoms with Crippen LogP contribution in [0.25, 0.3) is 6.08 Å². The average molecular weight is 413 g/mol. The van der Waals surface area contributed by atoms with E-state index in [1.165, 1.54) is 43.5 Å². The van der Waals surface area contributed by atoms with E-state index in [0.29, 0.717) is 10.0 Å². The molecule has 2 aromatic carbocycles. The number of hydrogen-bond acceptors (Lipinski definition) is 4. The minimum Gasteiger partial charge on any atom is -0.493 e. The molecule has 0 atom stereocenters. The number of nitrogens with zero attached hydrogens (tertiary/aromatic N) is 1. The molecule has 0 fully saturated rings. The van der Waals surface area contributed by atoms with Crippen LogP contribution in [0.5, 0.6) is 11.5 Å². The first-order valence-corrected chi connectivity index (χ1v) is 8.10. The summed E-state index contributed by atoms with van der Waals surface area (Å²) in [5, 5.41) is 12.3. The molecule has 0 aromatic heterocycles. The molecule has 0 heterocycles. The minimum atomic E-state index is -3.11. The molecular weight excluding hydrogens is 401 g/mol. The number of ether oxygens (including phenoxy) is 2. The van der Waals surface area contributed by atoms with Crippen LogP contribution in [-0.4, -0.2) is 19.6 Å². The molecule has 0 unspecified atom stereocenters. The van der Waals surface area contributed by atoms with Gasteiger partial charge < -0.3 is 14.8 Å². The number of para-hydroxylation sites is 1. The third-order valence-electron chi connectivity index (χ3n) is 3.22. The van der Waals surface area contributed by atoms with Crippen molar-refractivity contribution in [3.05, 3.63) is 57.6 Å². The van der Waals surface area contributed by atoms with Crippen molar-refractivity contribution in [2.75, 3.05) is 12.4 Å². The summed E-state index contributed by atoms with van der Waals surface area (Å²) in [6, 6.07) is 10.4. The summed E-state index contributed by atoms with van der Waals surface area (Å²) in [5.74, 6) is -1.04. The molecule has 0 radical (unpaired) electrons. The third-order valence-corrected chi connectivity index (χ3v) is 3.66. The number of carbonyl (C=O) groups is 1. The molecule has 9 heteroatoms. The van der Waals surface area contributed by atoms with Gasteiger partial charge in [-0.15, -0.1) is 0 Å². The average Bonchev–Trinajstić information content (AvgIpc) is 2.59. The molecule has 0 aliphatic rings. The maximum Gasteiger partial charge on any atom is 0.387 e. The predicted molar refractivity (Wildman–Crippen MR) is 98.3 cm³/mol. The Morgan fingerprint density at radius 2 is 1.93 bits per heavy atom. The van der Waals surface area contributed by atoms with Gasteiger partial charge in [-0.05, 0) is 30.3 Å². The smallest absolute Gasteiger partial charge is 0.387 e. The second kappa shape index (κ2) is 9.21. The van der Waals surface area contributed by atoms with Gasteiger partial charge in [-0.3, -0.25) is 4.79 Å². The topological polar surface area (TPSA) is 71.3 Å². The second-order valence-corrected chi connectivity index (χ2v) is 5.91. The Labute approximate surface area is 163 Å². The van der Waals surface area contributed by atoms with E-state index in [9.17, 15) is 18.8 Å². The number of hydrogen-bond donors (Lipinski definition) is 1. The molecular formula is C18H12Cl2F2N2O3. The molecule has 0 spiro atoms. The summed E-state index contributed by atoms with van der Waals surface area (Å²) >= 11 is 11.7. The van der Waals surface area contributed by atoms with Gasteiger partial charge in [-0.2, -0.15) is 14.0 Å². The molecule has 5 nitrogen and oxygen atoms in total. The molecule has 0 aliphatic heterocycles. The highest BCUT2D eigenvalue weighted by molar-refractivity contribution is 6.35. The summed E-state index contributed by atoms with van der Waals surface area (Å²) in [7, 11) is 1.28. The lowest BCUT2D eigenvalue weighted by Gasteiger charge is -2.12. The van der Waals surface area contributed by atoms with Gasteiger partial charge in [0.15, 0.2) is 11.5 Å². The maximum absolute atomic E-state index is 12.7. The summed E-state index contributed by atoms with van der Waals surface area (Å²) in [4.78, 5) is 12.4. The summed E-state index contributed by atoms with van der Waals surface area (Å²) in [6.07, 6.45) is 1.11. The first-order chi connectivity index (χ1) is 12.8. The van der Waals surface area contributed by atoms with Gasteiger partial charge in [-0.1, -0.05) is 35.3 Å². The van der Waals surface area contributed by atoms with Crippen LogP contribution in [0.1, 0.15) is 5.56 Å². The monoisotopic (exact) mass is 412 g/mol. The summed E-state index contributed by atoms with van der Waals surface area (Å²) in [6.45, 7) is -3.11. The first kappa shape index (κ1) is 20.5. The zero-order valence-corrected chi connectivity index (χ0v) is 15.3. The second-order valence-electron chi connectivity index (χ2n) is 5.04. The molecule has 0 bridgehead atoms. The Bertz CT molecular complexity index is 907. The van der Waals surface area contributed by atoms with E-state index in [0.717, 1.165) is 6.08 Å². The van der Waals surface area contributed by atoms with Crippen LogP contribution in [0.3, 0.4) is 0 Å². The van der Waals surface area contributed by atoms with E-state index in [1.54, 1.807) is 6.07 Å². The van der Waals surface area contributed by atoms with E-state index in [2.05, 4.69) is 10.1 Å². The molecule has 2 rings (SSSR count). The lowest BCUT2D eigenvalue weighted by atomic mass is 10.1. The minimum absolute atomic E-state index is 0.0309. The summed E-state index contributed by atoms with van der Waals surface area (Å²) in [5.41, 5.74) is -0.00251. The molecule has 0 saturated heterocycles. The largest absolute Gasteiger partial charge is 0.493 e. The standard InChI is InChI=1S/C18H12Cl2F2N2O3/c1-26-15-4-2-3-10(16(15)27-18(21)22)5-11(9-23)17(25)24-14-7-12(19)6-13(20)8-14/h2-8,18H,1H3,(H,24,25)/b11-5+. The van der Waals surface area contributed by atoms with Crippen molar-refractivity contribution >= 4 is 40.9 Å². The van der Waals surface area contributed by atoms with Crippen LogP contribution < -0.4 is 14.8 Å². The van der Waals surface area contributed by atoms with Crippen molar-refractivity contribution in [2.45, 2.75) is 6.61 Å². The van der Waals surface area contributed by atoms with Gasteiger partial charge in [0.05, 0.1) is 7.11 Å². The lowest BCUT2D eigenvalue weighted by Crippen LogP contribution is -2.13. The van der Waals surface area contributed by atoms with Crippen LogP contribution in [0, 0.1) is 11.3 Å². The van der Waals surface area contributed by atoms with E-state index in [-0.39, 0.29) is 28.3 Å². The molecule has 27 heavy (non-hydrogen) atoms. The van der Waals surface area contributed by atoms with Gasteiger partial charge in [0.25, 0.3) is 5.91 Å². The van der Waals surface area contributed by atoms with Crippen LogP contribution in [0.2, 0.25) is 10.0 Å². The van der Waals surface area contributed by atoms with Gasteiger partial charge >= 0.3 is 6.61 Å². The van der Waals surface area contributed by atoms with Gasteiger partial charge in [0.2, 0.25) is 0 Å². The first-order valence-electron chi connectivity index (χ1n) is 7.35. The highest BCUT2D eigenvalue weighted by Crippen LogP contribution is 2.34. The molecule has 2 aromatic rings. The van der Waals surface area contributed by atoms with Crippen LogP contribution in [-0.2, 0) is 4.79 Å². The van der Waals surface area contributed by atoms with Crippen molar-refractivity contribution in [3.63, 3.8) is 0 Å². The Balaban J connectivity index is 2.38. The molecule has 140 valence electrons. The highest BCUT2D eigenvalue weighted by atomic mass is 35.5. The maximum atomic E-state index is 12.7. The zero-order chi connectivity index (χ0) is 20.0. The fraction of sp³-hybridized carbons (Fsp3) is 0.111. The number of rotatable bonds is 6. The number of carbonyl (C=O) groups excluding carboxylic acids is 1. The van der Waals surface area contributed by atoms with Crippen LogP contribution in [0.4, 0.5) is 14.5 Å².